The van der Waals surface area contributed by atoms with E-state index in [0.717, 1.165) is 0 Å². The third-order valence-corrected chi connectivity index (χ3v) is 5.09. The second kappa shape index (κ2) is 6.05. The summed E-state index contributed by atoms with van der Waals surface area (Å²) >= 11 is 0. The van der Waals surface area contributed by atoms with Crippen molar-refractivity contribution in [2.75, 3.05) is 7.11 Å². The van der Waals surface area contributed by atoms with Gasteiger partial charge in [0.1, 0.15) is 17.0 Å². The Morgan fingerprint density at radius 1 is 1.42 bits per heavy atom. The molecular weight excluding hydrogens is 315 g/mol. The first-order valence-corrected chi connectivity index (χ1v) is 8.00. The lowest BCUT2D eigenvalue weighted by molar-refractivity contribution is -0.136. The summed E-state index contributed by atoms with van der Waals surface area (Å²) in [6.45, 7) is 0. The molecule has 0 bridgehead atoms. The van der Waals surface area contributed by atoms with Gasteiger partial charge in [0, 0.05) is 5.56 Å². The lowest BCUT2D eigenvalue weighted by Crippen LogP contribution is -2.46. The Balaban J connectivity index is 1.89. The maximum atomic E-state index is 13.7. The molecule has 1 atom stereocenters. The number of ether oxygens (including phenoxy) is 1. The molecule has 24 heavy (non-hydrogen) atoms. The number of amides is 2. The highest BCUT2D eigenvalue weighted by Gasteiger charge is 2.56. The van der Waals surface area contributed by atoms with E-state index in [2.05, 4.69) is 5.32 Å². The zero-order chi connectivity index (χ0) is 17.5. The van der Waals surface area contributed by atoms with Crippen molar-refractivity contribution in [3.05, 3.63) is 29.6 Å². The van der Waals surface area contributed by atoms with Gasteiger partial charge in [-0.15, -0.1) is 0 Å². The lowest BCUT2D eigenvalue weighted by atomic mass is 9.74. The average Bonchev–Trinajstić information content (AvgIpc) is 3.31. The van der Waals surface area contributed by atoms with Crippen LogP contribution >= 0.6 is 0 Å². The van der Waals surface area contributed by atoms with E-state index < -0.39 is 35.2 Å². The van der Waals surface area contributed by atoms with E-state index in [0.29, 0.717) is 37.0 Å². The van der Waals surface area contributed by atoms with Gasteiger partial charge in [0.05, 0.1) is 19.3 Å². The molecule has 1 aromatic rings. The van der Waals surface area contributed by atoms with Crippen LogP contribution in [0.15, 0.2) is 18.2 Å². The summed E-state index contributed by atoms with van der Waals surface area (Å²) < 4.78 is 19.0. The van der Waals surface area contributed by atoms with E-state index >= 15 is 0 Å². The molecule has 2 aliphatic carbocycles. The predicted octanol–water partition coefficient (Wildman–Crippen LogP) is 1.03. The molecule has 2 fully saturated rings. The van der Waals surface area contributed by atoms with Crippen LogP contribution in [0, 0.1) is 17.2 Å². The Morgan fingerprint density at radius 3 is 2.58 bits per heavy atom. The number of primary amides is 1. The summed E-state index contributed by atoms with van der Waals surface area (Å²) in [4.78, 5) is 24.1. The molecule has 2 amide bonds. The molecule has 4 N–H and O–H groups in total. The summed E-state index contributed by atoms with van der Waals surface area (Å²) in [5.74, 6) is -1.12. The number of aliphatic hydroxyl groups excluding tert-OH is 1. The molecule has 0 radical (unpaired) electrons. The number of benzene rings is 1. The fourth-order valence-corrected chi connectivity index (χ4v) is 3.29. The largest absolute Gasteiger partial charge is 0.496 e. The van der Waals surface area contributed by atoms with Crippen molar-refractivity contribution in [1.82, 2.24) is 5.32 Å². The number of nitrogens with two attached hydrogens (primary N) is 1. The highest BCUT2D eigenvalue weighted by molar-refractivity contribution is 6.07. The molecule has 0 aromatic heterocycles. The van der Waals surface area contributed by atoms with Crippen LogP contribution in [0.2, 0.25) is 0 Å². The third-order valence-electron chi connectivity index (χ3n) is 5.09. The van der Waals surface area contributed by atoms with Gasteiger partial charge in [-0.2, -0.15) is 0 Å². The van der Waals surface area contributed by atoms with Gasteiger partial charge in [0.25, 0.3) is 0 Å². The molecule has 0 spiro atoms. The van der Waals surface area contributed by atoms with Gasteiger partial charge in [-0.05, 0) is 49.8 Å². The second-order valence-corrected chi connectivity index (χ2v) is 6.67. The van der Waals surface area contributed by atoms with Crippen molar-refractivity contribution in [2.24, 2.45) is 17.1 Å². The quantitative estimate of drug-likeness (QED) is 0.675. The molecule has 7 heteroatoms. The summed E-state index contributed by atoms with van der Waals surface area (Å²) in [5, 5.41) is 12.4. The Kier molecular flexibility index (Phi) is 4.21. The molecule has 6 nitrogen and oxygen atoms in total. The van der Waals surface area contributed by atoms with Crippen LogP contribution in [0.3, 0.4) is 0 Å². The Bertz CT molecular complexity index is 669. The van der Waals surface area contributed by atoms with Crippen molar-refractivity contribution in [3.63, 3.8) is 0 Å². The first kappa shape index (κ1) is 16.7. The highest BCUT2D eigenvalue weighted by atomic mass is 19.1. The summed E-state index contributed by atoms with van der Waals surface area (Å²) in [7, 11) is 1.47. The SMILES string of the molecule is COc1ccc(F)cc1[C@H](NC(=O)C1(C(N)=O)CC1)C1CC(O)C1. The zero-order valence-electron chi connectivity index (χ0n) is 13.4. The maximum Gasteiger partial charge on any atom is 0.236 e. The number of aliphatic hydroxyl groups is 1. The number of hydrogen-bond donors (Lipinski definition) is 3. The van der Waals surface area contributed by atoms with Crippen LogP contribution in [0.1, 0.15) is 37.3 Å². The number of carbonyl (C=O) groups excluding carboxylic acids is 2. The van der Waals surface area contributed by atoms with Crippen LogP contribution in [0.4, 0.5) is 4.39 Å². The summed E-state index contributed by atoms with van der Waals surface area (Å²) in [6.07, 6.45) is 1.41. The van der Waals surface area contributed by atoms with Crippen LogP contribution in [0.5, 0.6) is 5.75 Å². The molecule has 1 aromatic carbocycles. The molecule has 130 valence electrons. The van der Waals surface area contributed by atoms with E-state index in [1.807, 2.05) is 0 Å². The number of nitrogens with one attached hydrogen (secondary N) is 1. The average molecular weight is 336 g/mol. The van der Waals surface area contributed by atoms with E-state index in [1.54, 1.807) is 0 Å². The smallest absolute Gasteiger partial charge is 0.236 e. The van der Waals surface area contributed by atoms with E-state index in [4.69, 9.17) is 10.5 Å². The molecule has 0 aliphatic heterocycles. The van der Waals surface area contributed by atoms with Crippen LogP contribution in [0.25, 0.3) is 0 Å². The van der Waals surface area contributed by atoms with Crippen LogP contribution < -0.4 is 15.8 Å². The molecule has 2 saturated carbocycles. The van der Waals surface area contributed by atoms with Crippen molar-refractivity contribution >= 4 is 11.8 Å². The van der Waals surface area contributed by atoms with Gasteiger partial charge in [0.2, 0.25) is 11.8 Å². The van der Waals surface area contributed by atoms with Crippen LogP contribution in [-0.2, 0) is 9.59 Å². The molecule has 0 saturated heterocycles. The Hall–Kier alpha value is -2.15. The molecule has 3 rings (SSSR count). The first-order valence-electron chi connectivity index (χ1n) is 8.00. The normalized spacial score (nSPS) is 25.3. The number of hydrogen-bond acceptors (Lipinski definition) is 4. The standard InChI is InChI=1S/C17H21FN2O4/c1-24-13-3-2-10(18)8-12(13)14(9-6-11(21)7-9)20-16(23)17(4-5-17)15(19)22/h2-3,8-9,11,14,21H,4-7H2,1H3,(H2,19,22)(H,20,23)/t9?,11?,14-/m1/s1. The zero-order valence-corrected chi connectivity index (χ0v) is 13.4. The molecule has 0 heterocycles. The van der Waals surface area contributed by atoms with Gasteiger partial charge in [-0.3, -0.25) is 9.59 Å². The number of rotatable bonds is 6. The van der Waals surface area contributed by atoms with E-state index in [1.165, 1.54) is 25.3 Å². The maximum absolute atomic E-state index is 13.7. The van der Waals surface area contributed by atoms with Crippen molar-refractivity contribution in [3.8, 4) is 5.75 Å². The summed E-state index contributed by atoms with van der Waals surface area (Å²) in [5.41, 5.74) is 4.70. The van der Waals surface area contributed by atoms with Gasteiger partial charge in [-0.1, -0.05) is 0 Å². The number of carbonyl (C=O) groups is 2. The van der Waals surface area contributed by atoms with Gasteiger partial charge in [-0.25, -0.2) is 4.39 Å². The van der Waals surface area contributed by atoms with E-state index in [9.17, 15) is 19.1 Å². The van der Waals surface area contributed by atoms with Crippen LogP contribution in [-0.4, -0.2) is 30.1 Å². The topological polar surface area (TPSA) is 102 Å². The van der Waals surface area contributed by atoms with Crippen molar-refractivity contribution in [2.45, 2.75) is 37.8 Å². The number of methoxy groups -OCH3 is 1. The monoisotopic (exact) mass is 336 g/mol. The second-order valence-electron chi connectivity index (χ2n) is 6.67. The van der Waals surface area contributed by atoms with E-state index in [-0.39, 0.29) is 5.92 Å². The lowest BCUT2D eigenvalue weighted by Gasteiger charge is -2.39. The van der Waals surface area contributed by atoms with Gasteiger partial charge < -0.3 is 20.9 Å². The predicted molar refractivity (Wildman–Crippen MR) is 83.4 cm³/mol. The fourth-order valence-electron chi connectivity index (χ4n) is 3.29. The Labute approximate surface area is 139 Å². The van der Waals surface area contributed by atoms with Crippen molar-refractivity contribution < 1.29 is 23.8 Å². The minimum absolute atomic E-state index is 0.0525. The molecule has 0 unspecified atom stereocenters. The number of halogens is 1. The highest BCUT2D eigenvalue weighted by Crippen LogP contribution is 2.47. The van der Waals surface area contributed by atoms with Gasteiger partial charge in [0.15, 0.2) is 0 Å². The fraction of sp³-hybridized carbons (Fsp3) is 0.529. The third kappa shape index (κ3) is 2.84. The van der Waals surface area contributed by atoms with Crippen molar-refractivity contribution in [1.29, 1.82) is 0 Å². The molecule has 2 aliphatic rings. The minimum atomic E-state index is -1.15. The first-order chi connectivity index (χ1) is 11.4. The minimum Gasteiger partial charge on any atom is -0.496 e. The Morgan fingerprint density at radius 2 is 2.08 bits per heavy atom. The van der Waals surface area contributed by atoms with Gasteiger partial charge >= 0.3 is 0 Å². The summed E-state index contributed by atoms with van der Waals surface area (Å²) in [6, 6.07) is 3.56. The molecular formula is C17H21FN2O4.